The molecule has 2 aromatic rings. The molecule has 0 fully saturated rings. The minimum Gasteiger partial charge on any atom is -0.497 e. The van der Waals surface area contributed by atoms with Gasteiger partial charge in [-0.3, -0.25) is 0 Å². The van der Waals surface area contributed by atoms with Crippen molar-refractivity contribution in [3.05, 3.63) is 28.8 Å². The summed E-state index contributed by atoms with van der Waals surface area (Å²) >= 11 is 1.44. The second kappa shape index (κ2) is 6.41. The number of hydrogen-bond acceptors (Lipinski definition) is 6. The lowest BCUT2D eigenvalue weighted by Gasteiger charge is -2.22. The second-order valence-corrected chi connectivity index (χ2v) is 6.73. The Morgan fingerprint density at radius 2 is 2.00 bits per heavy atom. The van der Waals surface area contributed by atoms with Crippen molar-refractivity contribution >= 4 is 11.3 Å². The van der Waals surface area contributed by atoms with Crippen LogP contribution in [-0.2, 0) is 12.0 Å². The predicted molar refractivity (Wildman–Crippen MR) is 84.4 cm³/mol. The predicted octanol–water partition coefficient (Wildman–Crippen LogP) is 3.36. The van der Waals surface area contributed by atoms with Crippen molar-refractivity contribution in [2.45, 2.75) is 32.7 Å². The number of nitrogens with zero attached hydrogens (tertiary/aromatic N) is 2. The molecule has 0 amide bonds. The molecule has 2 rings (SSSR count). The van der Waals surface area contributed by atoms with Gasteiger partial charge in [-0.15, -0.1) is 5.10 Å². The maximum Gasteiger partial charge on any atom is 0.299 e. The number of benzene rings is 1. The molecular formula is C15H21N3O2S. The Balaban J connectivity index is 2.29. The first-order valence-electron chi connectivity index (χ1n) is 6.77. The van der Waals surface area contributed by atoms with E-state index < -0.39 is 0 Å². The van der Waals surface area contributed by atoms with Crippen LogP contribution < -0.4 is 14.8 Å². The van der Waals surface area contributed by atoms with E-state index in [1.165, 1.54) is 11.3 Å². The third-order valence-electron chi connectivity index (χ3n) is 2.97. The van der Waals surface area contributed by atoms with Gasteiger partial charge in [-0.1, -0.05) is 37.2 Å². The van der Waals surface area contributed by atoms with Crippen LogP contribution in [0.3, 0.4) is 0 Å². The quantitative estimate of drug-likeness (QED) is 0.918. The van der Waals surface area contributed by atoms with Gasteiger partial charge in [0, 0.05) is 12.1 Å². The highest BCUT2D eigenvalue weighted by Gasteiger charge is 2.21. The average Bonchev–Trinajstić information content (AvgIpc) is 2.86. The van der Waals surface area contributed by atoms with E-state index in [0.717, 1.165) is 22.1 Å². The number of ether oxygens (including phenoxy) is 2. The topological polar surface area (TPSA) is 56.3 Å². The monoisotopic (exact) mass is 307 g/mol. The van der Waals surface area contributed by atoms with Crippen LogP contribution >= 0.6 is 11.3 Å². The fourth-order valence-corrected chi connectivity index (χ4v) is 2.62. The fraction of sp³-hybridized carbons (Fsp3) is 0.467. The third-order valence-corrected chi connectivity index (χ3v) is 3.77. The van der Waals surface area contributed by atoms with Crippen molar-refractivity contribution in [1.29, 1.82) is 0 Å². The van der Waals surface area contributed by atoms with E-state index in [-0.39, 0.29) is 5.41 Å². The van der Waals surface area contributed by atoms with Crippen LogP contribution in [0.25, 0.3) is 0 Å². The molecule has 1 N–H and O–H groups in total. The van der Waals surface area contributed by atoms with Gasteiger partial charge < -0.3 is 14.8 Å². The molecule has 114 valence electrons. The Bertz CT molecular complexity index is 605. The first-order chi connectivity index (χ1) is 9.94. The maximum atomic E-state index is 5.92. The lowest BCUT2D eigenvalue weighted by molar-refractivity contribution is 0.406. The first-order valence-corrected chi connectivity index (χ1v) is 7.59. The molecule has 0 radical (unpaired) electrons. The molecule has 1 heterocycles. The Kier molecular flexibility index (Phi) is 4.80. The SMILES string of the molecule is CNCc1nnc(Oc2ccc(OC)cc2C(C)(C)C)s1. The molecule has 0 aliphatic carbocycles. The number of methoxy groups -OCH3 is 1. The summed E-state index contributed by atoms with van der Waals surface area (Å²) in [7, 11) is 3.54. The van der Waals surface area contributed by atoms with Crippen LogP contribution in [-0.4, -0.2) is 24.4 Å². The second-order valence-electron chi connectivity index (χ2n) is 5.71. The van der Waals surface area contributed by atoms with Crippen LogP contribution in [0.2, 0.25) is 0 Å². The van der Waals surface area contributed by atoms with E-state index >= 15 is 0 Å². The van der Waals surface area contributed by atoms with Crippen LogP contribution in [0.5, 0.6) is 16.7 Å². The summed E-state index contributed by atoms with van der Waals surface area (Å²) in [6.07, 6.45) is 0. The van der Waals surface area contributed by atoms with E-state index in [1.54, 1.807) is 7.11 Å². The van der Waals surface area contributed by atoms with E-state index in [9.17, 15) is 0 Å². The third kappa shape index (κ3) is 3.92. The average molecular weight is 307 g/mol. The number of aromatic nitrogens is 2. The first kappa shape index (κ1) is 15.7. The van der Waals surface area contributed by atoms with Gasteiger partial charge in [0.05, 0.1) is 7.11 Å². The minimum absolute atomic E-state index is 0.0532. The van der Waals surface area contributed by atoms with Crippen molar-refractivity contribution in [1.82, 2.24) is 15.5 Å². The van der Waals surface area contributed by atoms with Gasteiger partial charge in [0.2, 0.25) is 0 Å². The molecule has 0 bridgehead atoms. The van der Waals surface area contributed by atoms with Crippen molar-refractivity contribution < 1.29 is 9.47 Å². The molecule has 0 aliphatic heterocycles. The minimum atomic E-state index is -0.0532. The largest absolute Gasteiger partial charge is 0.497 e. The molecule has 0 spiro atoms. The molecule has 0 atom stereocenters. The Hall–Kier alpha value is -1.66. The summed E-state index contributed by atoms with van der Waals surface area (Å²) in [6, 6.07) is 5.81. The molecular weight excluding hydrogens is 286 g/mol. The molecule has 21 heavy (non-hydrogen) atoms. The van der Waals surface area contributed by atoms with Gasteiger partial charge in [0.25, 0.3) is 5.19 Å². The zero-order valence-corrected chi connectivity index (χ0v) is 13.9. The highest BCUT2D eigenvalue weighted by Crippen LogP contribution is 2.37. The summed E-state index contributed by atoms with van der Waals surface area (Å²) in [6.45, 7) is 7.11. The summed E-state index contributed by atoms with van der Waals surface area (Å²) in [4.78, 5) is 0. The molecule has 0 unspecified atom stereocenters. The van der Waals surface area contributed by atoms with Crippen LogP contribution in [0.15, 0.2) is 18.2 Å². The highest BCUT2D eigenvalue weighted by molar-refractivity contribution is 7.13. The molecule has 6 heteroatoms. The van der Waals surface area contributed by atoms with Gasteiger partial charge in [-0.25, -0.2) is 0 Å². The smallest absolute Gasteiger partial charge is 0.299 e. The van der Waals surface area contributed by atoms with Gasteiger partial charge in [0.15, 0.2) is 0 Å². The molecule has 0 saturated carbocycles. The maximum absolute atomic E-state index is 5.92. The summed E-state index contributed by atoms with van der Waals surface area (Å²) in [5.41, 5.74) is 1.02. The molecule has 5 nitrogen and oxygen atoms in total. The number of rotatable bonds is 5. The normalized spacial score (nSPS) is 11.5. The van der Waals surface area contributed by atoms with Gasteiger partial charge in [-0.05, 0) is 30.7 Å². The number of nitrogens with one attached hydrogen (secondary N) is 1. The van der Waals surface area contributed by atoms with E-state index in [2.05, 4.69) is 36.3 Å². The van der Waals surface area contributed by atoms with Crippen LogP contribution in [0.4, 0.5) is 0 Å². The van der Waals surface area contributed by atoms with E-state index in [1.807, 2.05) is 25.2 Å². The molecule has 0 aliphatic rings. The Morgan fingerprint density at radius 1 is 1.24 bits per heavy atom. The van der Waals surface area contributed by atoms with Crippen LogP contribution in [0.1, 0.15) is 31.3 Å². The fourth-order valence-electron chi connectivity index (χ4n) is 1.91. The van der Waals surface area contributed by atoms with Gasteiger partial charge in [0.1, 0.15) is 16.5 Å². The Morgan fingerprint density at radius 3 is 2.62 bits per heavy atom. The molecule has 1 aromatic carbocycles. The van der Waals surface area contributed by atoms with Crippen molar-refractivity contribution in [3.63, 3.8) is 0 Å². The lowest BCUT2D eigenvalue weighted by Crippen LogP contribution is -2.12. The van der Waals surface area contributed by atoms with Gasteiger partial charge >= 0.3 is 0 Å². The zero-order chi connectivity index (χ0) is 15.5. The Labute approximate surface area is 129 Å². The molecule has 0 saturated heterocycles. The summed E-state index contributed by atoms with van der Waals surface area (Å²) in [5.74, 6) is 1.61. The van der Waals surface area contributed by atoms with E-state index in [4.69, 9.17) is 9.47 Å². The van der Waals surface area contributed by atoms with Crippen LogP contribution in [0, 0.1) is 0 Å². The van der Waals surface area contributed by atoms with Crippen molar-refractivity contribution in [2.24, 2.45) is 0 Å². The number of hydrogen-bond donors (Lipinski definition) is 1. The molecule has 1 aromatic heterocycles. The summed E-state index contributed by atoms with van der Waals surface area (Å²) in [5, 5.41) is 12.7. The lowest BCUT2D eigenvalue weighted by atomic mass is 9.86. The van der Waals surface area contributed by atoms with Gasteiger partial charge in [-0.2, -0.15) is 0 Å². The zero-order valence-electron chi connectivity index (χ0n) is 13.1. The van der Waals surface area contributed by atoms with Crippen molar-refractivity contribution in [3.8, 4) is 16.7 Å². The summed E-state index contributed by atoms with van der Waals surface area (Å²) < 4.78 is 11.2. The highest BCUT2D eigenvalue weighted by atomic mass is 32.1. The van der Waals surface area contributed by atoms with E-state index in [0.29, 0.717) is 11.7 Å². The van der Waals surface area contributed by atoms with Crippen molar-refractivity contribution in [2.75, 3.05) is 14.2 Å². The standard InChI is InChI=1S/C15H21N3O2S/c1-15(2,3)11-8-10(19-5)6-7-12(11)20-14-18-17-13(21-14)9-16-4/h6-8,16H,9H2,1-5H3.